The highest BCUT2D eigenvalue weighted by atomic mass is 16.6. The highest BCUT2D eigenvalue weighted by Crippen LogP contribution is 2.63. The van der Waals surface area contributed by atoms with Gasteiger partial charge in [0.1, 0.15) is 0 Å². The van der Waals surface area contributed by atoms with Gasteiger partial charge in [-0.25, -0.2) is 0 Å². The van der Waals surface area contributed by atoms with E-state index in [1.807, 2.05) is 20.8 Å². The molecule has 4 fully saturated rings. The van der Waals surface area contributed by atoms with Crippen molar-refractivity contribution in [1.82, 2.24) is 0 Å². The molecule has 168 valence electrons. The van der Waals surface area contributed by atoms with Gasteiger partial charge in [0.05, 0.1) is 24.2 Å². The molecule has 0 amide bonds. The maximum Gasteiger partial charge on any atom is 0.303 e. The Kier molecular flexibility index (Phi) is 4.86. The van der Waals surface area contributed by atoms with Gasteiger partial charge < -0.3 is 14.6 Å². The molecule has 1 heterocycles. The predicted octanol–water partition coefficient (Wildman–Crippen LogP) is 2.38. The Morgan fingerprint density at radius 1 is 1.33 bits per heavy atom. The Morgan fingerprint density at radius 2 is 2.00 bits per heavy atom. The van der Waals surface area contributed by atoms with Crippen molar-refractivity contribution in [3.05, 3.63) is 10.1 Å². The number of nitrogens with zero attached hydrogens (tertiary/aromatic N) is 1. The monoisotopic (exact) mass is 423 g/mol. The molecule has 0 aromatic carbocycles. The maximum atomic E-state index is 14.0. The minimum atomic E-state index is -1.26. The van der Waals surface area contributed by atoms with Crippen LogP contribution in [0.25, 0.3) is 0 Å². The number of Topliss-reactive ketones (excluding diaryl/α,β-unsaturated/α-hetero) is 1. The number of nitro groups is 1. The Bertz CT molecular complexity index is 781. The number of carbonyl (C=O) groups excluding carboxylic acids is 2. The second-order valence-corrected chi connectivity index (χ2v) is 10.8. The molecular formula is C22H33NO7. The number of hydrogen-bond acceptors (Lipinski definition) is 7. The molecule has 30 heavy (non-hydrogen) atoms. The Balaban J connectivity index is 1.94. The summed E-state index contributed by atoms with van der Waals surface area (Å²) in [6.45, 7) is 9.13. The molecule has 0 radical (unpaired) electrons. The van der Waals surface area contributed by atoms with E-state index in [9.17, 15) is 24.8 Å². The zero-order chi connectivity index (χ0) is 22.2. The highest BCUT2D eigenvalue weighted by molar-refractivity contribution is 5.92. The van der Waals surface area contributed by atoms with E-state index < -0.39 is 46.4 Å². The lowest BCUT2D eigenvalue weighted by Crippen LogP contribution is -2.72. The van der Waals surface area contributed by atoms with E-state index in [-0.39, 0.29) is 35.1 Å². The third-order valence-corrected chi connectivity index (χ3v) is 9.39. The Morgan fingerprint density at radius 3 is 2.53 bits per heavy atom. The average Bonchev–Trinajstić information content (AvgIpc) is 2.62. The zero-order valence-electron chi connectivity index (χ0n) is 18.4. The summed E-state index contributed by atoms with van der Waals surface area (Å²) in [5, 5.41) is 23.8. The molecule has 2 bridgehead atoms. The van der Waals surface area contributed by atoms with Crippen LogP contribution in [0.1, 0.15) is 60.3 Å². The first kappa shape index (κ1) is 21.7. The van der Waals surface area contributed by atoms with Gasteiger partial charge in [0.25, 0.3) is 0 Å². The maximum absolute atomic E-state index is 14.0. The number of carbonyl (C=O) groups is 2. The lowest BCUT2D eigenvalue weighted by molar-refractivity contribution is -0.605. The van der Waals surface area contributed by atoms with E-state index in [0.717, 1.165) is 0 Å². The fourth-order valence-electron chi connectivity index (χ4n) is 7.40. The van der Waals surface area contributed by atoms with Crippen LogP contribution in [0.15, 0.2) is 0 Å². The van der Waals surface area contributed by atoms with Crippen LogP contribution in [0.3, 0.4) is 0 Å². The number of aliphatic hydroxyl groups excluding tert-OH is 1. The summed E-state index contributed by atoms with van der Waals surface area (Å²) >= 11 is 0. The van der Waals surface area contributed by atoms with E-state index in [0.29, 0.717) is 25.9 Å². The van der Waals surface area contributed by atoms with E-state index in [1.54, 1.807) is 6.92 Å². The first-order valence-electron chi connectivity index (χ1n) is 11.0. The van der Waals surface area contributed by atoms with Crippen molar-refractivity contribution in [2.24, 2.45) is 34.5 Å². The van der Waals surface area contributed by atoms with Gasteiger partial charge in [-0.15, -0.1) is 0 Å². The van der Waals surface area contributed by atoms with Crippen LogP contribution in [0.5, 0.6) is 0 Å². The van der Waals surface area contributed by atoms with E-state index >= 15 is 0 Å². The van der Waals surface area contributed by atoms with Gasteiger partial charge in [0.2, 0.25) is 5.54 Å². The molecule has 0 aromatic heterocycles. The van der Waals surface area contributed by atoms with Crippen molar-refractivity contribution >= 4 is 11.8 Å². The van der Waals surface area contributed by atoms with Crippen LogP contribution < -0.4 is 0 Å². The van der Waals surface area contributed by atoms with Gasteiger partial charge in [0, 0.05) is 48.4 Å². The van der Waals surface area contributed by atoms with Crippen molar-refractivity contribution in [2.75, 3.05) is 6.61 Å². The third kappa shape index (κ3) is 2.58. The van der Waals surface area contributed by atoms with Crippen LogP contribution >= 0.6 is 0 Å². The molecule has 3 saturated carbocycles. The minimum absolute atomic E-state index is 0.0103. The van der Waals surface area contributed by atoms with Crippen LogP contribution in [-0.4, -0.2) is 52.2 Å². The molecule has 4 rings (SSSR count). The van der Waals surface area contributed by atoms with Crippen molar-refractivity contribution in [2.45, 2.75) is 84.2 Å². The minimum Gasteiger partial charge on any atom is -0.454 e. The van der Waals surface area contributed by atoms with E-state index in [4.69, 9.17) is 9.47 Å². The third-order valence-electron chi connectivity index (χ3n) is 9.39. The highest BCUT2D eigenvalue weighted by Gasteiger charge is 2.72. The summed E-state index contributed by atoms with van der Waals surface area (Å²) < 4.78 is 11.3. The zero-order valence-corrected chi connectivity index (χ0v) is 18.4. The number of aliphatic hydroxyl groups is 1. The van der Waals surface area contributed by atoms with Gasteiger partial charge in [-0.3, -0.25) is 19.7 Å². The predicted molar refractivity (Wildman–Crippen MR) is 106 cm³/mol. The SMILES string of the molecule is CC(=O)OC1C(=O)[C@@]2(C)C(C[C@]3([N+](=O)[O-])CCC(C)C1C3(C)C)[C@@H]1CO[C@@H]1C[C@@H]2O. The summed E-state index contributed by atoms with van der Waals surface area (Å²) in [5.41, 5.74) is -3.34. The summed E-state index contributed by atoms with van der Waals surface area (Å²) in [7, 11) is 0. The smallest absolute Gasteiger partial charge is 0.303 e. The molecule has 1 saturated heterocycles. The standard InChI is InChI=1S/C22H33NO7/c1-11-6-7-22(23(27)28)9-14-13-10-29-15(13)8-16(25)21(14,5)19(26)18(30-12(2)24)17(11)20(22,3)4/h11,13-18,25H,6-10H2,1-5H3/t11?,13-,14?,15+,16-,17?,18?,21-,22+/m0/s1. The van der Waals surface area contributed by atoms with Crippen molar-refractivity contribution in [1.29, 1.82) is 0 Å². The number of ether oxygens (including phenoxy) is 2. The largest absolute Gasteiger partial charge is 0.454 e. The lowest BCUT2D eigenvalue weighted by atomic mass is 9.43. The summed E-state index contributed by atoms with van der Waals surface area (Å²) in [4.78, 5) is 38.6. The van der Waals surface area contributed by atoms with Crippen LogP contribution in [0.4, 0.5) is 0 Å². The molecular weight excluding hydrogens is 390 g/mol. The molecule has 1 aliphatic heterocycles. The number of hydrogen-bond donors (Lipinski definition) is 1. The first-order valence-corrected chi connectivity index (χ1v) is 11.0. The second-order valence-electron chi connectivity index (χ2n) is 10.8. The Labute approximate surface area is 176 Å². The molecule has 8 heteroatoms. The molecule has 0 aromatic rings. The normalized spacial score (nSPS) is 49.5. The molecule has 1 N–H and O–H groups in total. The van der Waals surface area contributed by atoms with Gasteiger partial charge in [-0.2, -0.15) is 0 Å². The fourth-order valence-corrected chi connectivity index (χ4v) is 7.40. The second kappa shape index (κ2) is 6.73. The van der Waals surface area contributed by atoms with Crippen LogP contribution in [-0.2, 0) is 19.1 Å². The molecule has 3 aliphatic carbocycles. The number of ketones is 1. The van der Waals surface area contributed by atoms with Gasteiger partial charge in [0.15, 0.2) is 11.9 Å². The molecule has 8 nitrogen and oxygen atoms in total. The number of rotatable bonds is 2. The summed E-state index contributed by atoms with van der Waals surface area (Å²) in [6, 6.07) is 0. The van der Waals surface area contributed by atoms with Crippen molar-refractivity contribution < 1.29 is 29.1 Å². The fraction of sp³-hybridized carbons (Fsp3) is 0.909. The molecule has 4 aliphatic rings. The first-order chi connectivity index (χ1) is 13.9. The topological polar surface area (TPSA) is 116 Å². The van der Waals surface area contributed by atoms with E-state index in [2.05, 4.69) is 0 Å². The molecule has 9 atom stereocenters. The number of esters is 1. The molecule has 4 unspecified atom stereocenters. The summed E-state index contributed by atoms with van der Waals surface area (Å²) in [6.07, 6.45) is -0.716. The van der Waals surface area contributed by atoms with Gasteiger partial charge >= 0.3 is 5.97 Å². The number of fused-ring (bicyclic) bond motifs is 5. The molecule has 0 spiro atoms. The van der Waals surface area contributed by atoms with Gasteiger partial charge in [-0.1, -0.05) is 20.8 Å². The van der Waals surface area contributed by atoms with Crippen LogP contribution in [0, 0.1) is 44.6 Å². The van der Waals surface area contributed by atoms with E-state index in [1.165, 1.54) is 6.92 Å². The Hall–Kier alpha value is -1.54. The summed E-state index contributed by atoms with van der Waals surface area (Å²) in [5.74, 6) is -1.79. The van der Waals surface area contributed by atoms with Crippen molar-refractivity contribution in [3.8, 4) is 0 Å². The quantitative estimate of drug-likeness (QED) is 0.412. The van der Waals surface area contributed by atoms with Crippen molar-refractivity contribution in [3.63, 3.8) is 0 Å². The average molecular weight is 424 g/mol. The lowest BCUT2D eigenvalue weighted by Gasteiger charge is -2.62. The van der Waals surface area contributed by atoms with Gasteiger partial charge in [-0.05, 0) is 25.2 Å². The van der Waals surface area contributed by atoms with Crippen LogP contribution in [0.2, 0.25) is 0 Å².